The van der Waals surface area contributed by atoms with E-state index in [1.165, 1.54) is 36.9 Å². The first-order chi connectivity index (χ1) is 14.8. The first kappa shape index (κ1) is 21.6. The van der Waals surface area contributed by atoms with E-state index in [4.69, 9.17) is 19.3 Å². The predicted octanol–water partition coefficient (Wildman–Crippen LogP) is 1.57. The van der Waals surface area contributed by atoms with E-state index in [0.29, 0.717) is 5.56 Å². The lowest BCUT2D eigenvalue weighted by Crippen LogP contribution is -2.24. The zero-order valence-corrected chi connectivity index (χ0v) is 16.8. The largest absolute Gasteiger partial charge is 0.493 e. The summed E-state index contributed by atoms with van der Waals surface area (Å²) in [7, 11) is 2.58. The Hall–Kier alpha value is -4.08. The highest BCUT2D eigenvalue weighted by Crippen LogP contribution is 2.36. The number of aliphatic carboxylic acids is 1. The number of pyridine rings is 1. The third-order valence-corrected chi connectivity index (χ3v) is 4.64. The van der Waals surface area contributed by atoms with Crippen molar-refractivity contribution in [2.75, 3.05) is 20.8 Å². The van der Waals surface area contributed by atoms with Gasteiger partial charge in [0.1, 0.15) is 5.65 Å². The molecule has 0 aliphatic carbocycles. The van der Waals surface area contributed by atoms with E-state index in [2.05, 4.69) is 4.98 Å². The van der Waals surface area contributed by atoms with Crippen molar-refractivity contribution in [3.63, 3.8) is 0 Å². The number of fused-ring (bicyclic) bond motifs is 1. The Morgan fingerprint density at radius 3 is 2.61 bits per heavy atom. The van der Waals surface area contributed by atoms with Crippen molar-refractivity contribution >= 4 is 17.6 Å². The van der Waals surface area contributed by atoms with E-state index in [1.807, 2.05) is 0 Å². The molecule has 0 radical (unpaired) electrons. The van der Waals surface area contributed by atoms with Gasteiger partial charge in [0.05, 0.1) is 26.2 Å². The van der Waals surface area contributed by atoms with E-state index in [9.17, 15) is 19.5 Å². The highest BCUT2D eigenvalue weighted by Gasteiger charge is 2.28. The molecule has 0 amide bonds. The molecule has 10 nitrogen and oxygen atoms in total. The number of aromatic hydroxyl groups is 1. The van der Waals surface area contributed by atoms with Crippen molar-refractivity contribution < 1.29 is 34.0 Å². The molecule has 0 aliphatic rings. The number of benzene rings is 1. The smallest absolute Gasteiger partial charge is 0.341 e. The fraction of sp³-hybridized carbons (Fsp3) is 0.238. The maximum atomic E-state index is 13.1. The Bertz CT molecular complexity index is 1190. The second-order valence-corrected chi connectivity index (χ2v) is 6.51. The number of ether oxygens (including phenoxy) is 3. The van der Waals surface area contributed by atoms with Crippen LogP contribution < -0.4 is 15.0 Å². The van der Waals surface area contributed by atoms with Crippen molar-refractivity contribution in [3.05, 3.63) is 64.1 Å². The summed E-state index contributed by atoms with van der Waals surface area (Å²) in [4.78, 5) is 40.1. The predicted molar refractivity (Wildman–Crippen MR) is 108 cm³/mol. The van der Waals surface area contributed by atoms with Gasteiger partial charge in [-0.25, -0.2) is 4.79 Å². The van der Waals surface area contributed by atoms with Gasteiger partial charge in [0.25, 0.3) is 5.56 Å². The molecule has 1 atom stereocenters. The SMILES string of the molecule is COC(=O)CC(c1ccc(OCC(=O)O)c(OC)c1)c1c(O)nc2ccccn2c1=O. The van der Waals surface area contributed by atoms with Crippen molar-refractivity contribution in [1.29, 1.82) is 0 Å². The Morgan fingerprint density at radius 1 is 1.16 bits per heavy atom. The summed E-state index contributed by atoms with van der Waals surface area (Å²) in [6, 6.07) is 9.40. The van der Waals surface area contributed by atoms with Crippen molar-refractivity contribution in [3.8, 4) is 17.4 Å². The van der Waals surface area contributed by atoms with Crippen LogP contribution in [0.4, 0.5) is 0 Å². The van der Waals surface area contributed by atoms with Gasteiger partial charge in [-0.3, -0.25) is 14.0 Å². The number of hydrogen-bond donors (Lipinski definition) is 2. The van der Waals surface area contributed by atoms with Crippen molar-refractivity contribution in [2.24, 2.45) is 0 Å². The molecule has 3 aromatic rings. The second-order valence-electron chi connectivity index (χ2n) is 6.51. The molecule has 2 heterocycles. The highest BCUT2D eigenvalue weighted by molar-refractivity contribution is 5.72. The number of nitrogens with zero attached hydrogens (tertiary/aromatic N) is 2. The number of carbonyl (C=O) groups excluding carboxylic acids is 1. The Kier molecular flexibility index (Phi) is 6.39. The molecule has 0 saturated heterocycles. The first-order valence-corrected chi connectivity index (χ1v) is 9.15. The number of carboxylic acid groups (broad SMARTS) is 1. The van der Waals surface area contributed by atoms with Gasteiger partial charge in [-0.15, -0.1) is 0 Å². The lowest BCUT2D eigenvalue weighted by molar-refractivity contribution is -0.141. The van der Waals surface area contributed by atoms with Gasteiger partial charge in [-0.05, 0) is 29.8 Å². The zero-order valence-electron chi connectivity index (χ0n) is 16.8. The summed E-state index contributed by atoms with van der Waals surface area (Å²) < 4.78 is 16.5. The molecule has 10 heteroatoms. The van der Waals surface area contributed by atoms with Crippen LogP contribution in [0.1, 0.15) is 23.5 Å². The number of carbonyl (C=O) groups is 2. The van der Waals surface area contributed by atoms with Crippen LogP contribution >= 0.6 is 0 Å². The van der Waals surface area contributed by atoms with Gasteiger partial charge < -0.3 is 24.4 Å². The summed E-state index contributed by atoms with van der Waals surface area (Å²) in [5.74, 6) is -2.81. The average Bonchev–Trinajstić information content (AvgIpc) is 2.76. The summed E-state index contributed by atoms with van der Waals surface area (Å²) >= 11 is 0. The summed E-state index contributed by atoms with van der Waals surface area (Å²) in [5, 5.41) is 19.4. The number of rotatable bonds is 8. The van der Waals surface area contributed by atoms with Gasteiger partial charge in [0.2, 0.25) is 5.88 Å². The molecule has 1 unspecified atom stereocenters. The van der Waals surface area contributed by atoms with Gasteiger partial charge in [-0.1, -0.05) is 12.1 Å². The standard InChI is InChI=1S/C21H20N2O8/c1-29-15-9-12(6-7-14(15)31-11-17(24)25)13(10-18(26)30-2)19-20(27)22-16-5-3-4-8-23(16)21(19)28/h3-9,13,27H,10-11H2,1-2H3,(H,24,25). The molecule has 1 aromatic carbocycles. The van der Waals surface area contributed by atoms with E-state index in [-0.39, 0.29) is 29.1 Å². The number of aromatic nitrogens is 2. The van der Waals surface area contributed by atoms with Crippen LogP contribution in [0.5, 0.6) is 17.4 Å². The van der Waals surface area contributed by atoms with Crippen LogP contribution in [0.3, 0.4) is 0 Å². The molecular weight excluding hydrogens is 408 g/mol. The van der Waals surface area contributed by atoms with Crippen LogP contribution in [0.25, 0.3) is 5.65 Å². The maximum absolute atomic E-state index is 13.1. The topological polar surface area (TPSA) is 137 Å². The van der Waals surface area contributed by atoms with E-state index < -0.39 is 35.9 Å². The maximum Gasteiger partial charge on any atom is 0.341 e. The molecule has 162 valence electrons. The lowest BCUT2D eigenvalue weighted by atomic mass is 9.89. The van der Waals surface area contributed by atoms with Crippen LogP contribution in [0.15, 0.2) is 47.4 Å². The van der Waals surface area contributed by atoms with Crippen LogP contribution in [-0.4, -0.2) is 52.4 Å². The monoisotopic (exact) mass is 428 g/mol. The van der Waals surface area contributed by atoms with Gasteiger partial charge in [0, 0.05) is 12.1 Å². The van der Waals surface area contributed by atoms with Gasteiger partial charge >= 0.3 is 11.9 Å². The molecule has 31 heavy (non-hydrogen) atoms. The summed E-state index contributed by atoms with van der Waals surface area (Å²) in [6.45, 7) is -0.571. The van der Waals surface area contributed by atoms with Gasteiger partial charge in [-0.2, -0.15) is 4.98 Å². The average molecular weight is 428 g/mol. The third-order valence-electron chi connectivity index (χ3n) is 4.64. The summed E-state index contributed by atoms with van der Waals surface area (Å²) in [5.41, 5.74) is 0.0631. The van der Waals surface area contributed by atoms with Crippen LogP contribution in [0.2, 0.25) is 0 Å². The normalized spacial score (nSPS) is 11.7. The molecule has 0 spiro atoms. The zero-order chi connectivity index (χ0) is 22.5. The molecule has 3 rings (SSSR count). The molecule has 0 aliphatic heterocycles. The van der Waals surface area contributed by atoms with E-state index in [0.717, 1.165) is 0 Å². The minimum atomic E-state index is -1.16. The third kappa shape index (κ3) is 4.58. The Balaban J connectivity index is 2.15. The minimum Gasteiger partial charge on any atom is -0.493 e. The highest BCUT2D eigenvalue weighted by atomic mass is 16.5. The molecule has 0 bridgehead atoms. The van der Waals surface area contributed by atoms with Crippen molar-refractivity contribution in [1.82, 2.24) is 9.38 Å². The van der Waals surface area contributed by atoms with Crippen molar-refractivity contribution in [2.45, 2.75) is 12.3 Å². The molecule has 2 N–H and O–H groups in total. The number of esters is 1. The quantitative estimate of drug-likeness (QED) is 0.512. The second kappa shape index (κ2) is 9.16. The summed E-state index contributed by atoms with van der Waals surface area (Å²) in [6.07, 6.45) is 1.25. The van der Waals surface area contributed by atoms with E-state index >= 15 is 0 Å². The first-order valence-electron chi connectivity index (χ1n) is 9.15. The lowest BCUT2D eigenvalue weighted by Gasteiger charge is -2.19. The fourth-order valence-corrected chi connectivity index (χ4v) is 3.19. The fourth-order valence-electron chi connectivity index (χ4n) is 3.19. The van der Waals surface area contributed by atoms with Crippen LogP contribution in [-0.2, 0) is 14.3 Å². The van der Waals surface area contributed by atoms with Crippen LogP contribution in [0, 0.1) is 0 Å². The Morgan fingerprint density at radius 2 is 1.94 bits per heavy atom. The molecule has 2 aromatic heterocycles. The molecule has 0 fully saturated rings. The molecule has 0 saturated carbocycles. The van der Waals surface area contributed by atoms with Gasteiger partial charge in [0.15, 0.2) is 18.1 Å². The minimum absolute atomic E-state index is 0.0876. The number of carboxylic acids is 1. The number of methoxy groups -OCH3 is 2. The molecular formula is C21H20N2O8. The van der Waals surface area contributed by atoms with E-state index in [1.54, 1.807) is 24.3 Å². The number of hydrogen-bond acceptors (Lipinski definition) is 8. The Labute approximate surface area is 176 Å².